The van der Waals surface area contributed by atoms with Crippen LogP contribution in [0.25, 0.3) is 11.3 Å². The first-order valence-electron chi connectivity index (χ1n) is 9.54. The van der Waals surface area contributed by atoms with Crippen LogP contribution >= 0.6 is 0 Å². The minimum atomic E-state index is -0.227. The van der Waals surface area contributed by atoms with Gasteiger partial charge in [-0.1, -0.05) is 42.5 Å². The van der Waals surface area contributed by atoms with Gasteiger partial charge in [0.05, 0.1) is 5.69 Å². The van der Waals surface area contributed by atoms with Crippen molar-refractivity contribution in [3.05, 3.63) is 72.0 Å². The molecule has 1 saturated heterocycles. The van der Waals surface area contributed by atoms with Gasteiger partial charge in [0.25, 0.3) is 0 Å². The van der Waals surface area contributed by atoms with E-state index in [1.165, 1.54) is 12.1 Å². The Morgan fingerprint density at radius 1 is 0.929 bits per heavy atom. The van der Waals surface area contributed by atoms with Gasteiger partial charge in [-0.15, -0.1) is 0 Å². The van der Waals surface area contributed by atoms with Crippen molar-refractivity contribution in [1.82, 2.24) is 14.9 Å². The second-order valence-electron chi connectivity index (χ2n) is 7.07. The third-order valence-corrected chi connectivity index (χ3v) is 4.96. The van der Waals surface area contributed by atoms with Crippen molar-refractivity contribution >= 4 is 11.8 Å². The number of likely N-dealkylation sites (N-methyl/N-ethyl adjacent to an activating group) is 1. The van der Waals surface area contributed by atoms with Gasteiger partial charge in [0.1, 0.15) is 11.6 Å². The fourth-order valence-corrected chi connectivity index (χ4v) is 3.22. The van der Waals surface area contributed by atoms with E-state index in [0.717, 1.165) is 54.8 Å². The molecule has 0 saturated carbocycles. The van der Waals surface area contributed by atoms with Crippen molar-refractivity contribution in [2.75, 3.05) is 43.4 Å². The van der Waals surface area contributed by atoms with Gasteiger partial charge >= 0.3 is 0 Å². The molecule has 28 heavy (non-hydrogen) atoms. The van der Waals surface area contributed by atoms with E-state index in [2.05, 4.69) is 34.3 Å². The summed E-state index contributed by atoms with van der Waals surface area (Å²) < 4.78 is 13.1. The smallest absolute Gasteiger partial charge is 0.227 e. The number of nitrogens with zero attached hydrogens (tertiary/aromatic N) is 4. The van der Waals surface area contributed by atoms with Gasteiger partial charge in [0.2, 0.25) is 5.95 Å². The summed E-state index contributed by atoms with van der Waals surface area (Å²) in [6.45, 7) is 4.39. The predicted octanol–water partition coefficient (Wildman–Crippen LogP) is 3.65. The van der Waals surface area contributed by atoms with E-state index in [0.29, 0.717) is 6.54 Å². The fourth-order valence-electron chi connectivity index (χ4n) is 3.22. The second-order valence-corrected chi connectivity index (χ2v) is 7.07. The van der Waals surface area contributed by atoms with Crippen LogP contribution in [0.1, 0.15) is 5.56 Å². The molecular weight excluding hydrogens is 353 g/mol. The summed E-state index contributed by atoms with van der Waals surface area (Å²) >= 11 is 0. The van der Waals surface area contributed by atoms with Crippen LogP contribution in [0.2, 0.25) is 0 Å². The number of nitrogens with one attached hydrogen (secondary N) is 1. The van der Waals surface area contributed by atoms with Gasteiger partial charge in [-0.2, -0.15) is 4.98 Å². The minimum Gasteiger partial charge on any atom is -0.366 e. The first kappa shape index (κ1) is 18.4. The molecular formula is C22H24FN5. The molecule has 0 aliphatic carbocycles. The molecule has 2 heterocycles. The van der Waals surface area contributed by atoms with Crippen LogP contribution in [-0.2, 0) is 6.54 Å². The highest BCUT2D eigenvalue weighted by Gasteiger charge is 2.18. The Kier molecular flexibility index (Phi) is 5.48. The number of halogens is 1. The molecule has 1 fully saturated rings. The second kappa shape index (κ2) is 8.35. The van der Waals surface area contributed by atoms with E-state index < -0.39 is 0 Å². The highest BCUT2D eigenvalue weighted by Crippen LogP contribution is 2.24. The van der Waals surface area contributed by atoms with Crippen LogP contribution in [0.5, 0.6) is 0 Å². The predicted molar refractivity (Wildman–Crippen MR) is 111 cm³/mol. The SMILES string of the molecule is CN1CCN(c2nc(NCc3ccc(F)cc3)cc(-c3ccccc3)n2)CC1. The molecule has 1 aromatic heterocycles. The van der Waals surface area contributed by atoms with Gasteiger partial charge in [0.15, 0.2) is 0 Å². The van der Waals surface area contributed by atoms with Crippen molar-refractivity contribution in [2.24, 2.45) is 0 Å². The van der Waals surface area contributed by atoms with Crippen LogP contribution in [-0.4, -0.2) is 48.1 Å². The molecule has 5 nitrogen and oxygen atoms in total. The first-order valence-corrected chi connectivity index (χ1v) is 9.54. The van der Waals surface area contributed by atoms with Crippen molar-refractivity contribution in [3.8, 4) is 11.3 Å². The lowest BCUT2D eigenvalue weighted by Crippen LogP contribution is -2.45. The van der Waals surface area contributed by atoms with Crippen LogP contribution in [0.15, 0.2) is 60.7 Å². The van der Waals surface area contributed by atoms with Crippen molar-refractivity contribution in [3.63, 3.8) is 0 Å². The van der Waals surface area contributed by atoms with Gasteiger partial charge < -0.3 is 15.1 Å². The fraction of sp³-hybridized carbons (Fsp3) is 0.273. The molecule has 1 aliphatic rings. The van der Waals surface area contributed by atoms with E-state index in [1.807, 2.05) is 24.3 Å². The Morgan fingerprint density at radius 2 is 1.64 bits per heavy atom. The number of piperazine rings is 1. The van der Waals surface area contributed by atoms with Gasteiger partial charge in [0, 0.05) is 44.4 Å². The summed E-state index contributed by atoms with van der Waals surface area (Å²) in [6.07, 6.45) is 0. The highest BCUT2D eigenvalue weighted by atomic mass is 19.1. The molecule has 1 N–H and O–H groups in total. The lowest BCUT2D eigenvalue weighted by atomic mass is 10.1. The van der Waals surface area contributed by atoms with E-state index in [1.54, 1.807) is 12.1 Å². The molecule has 0 amide bonds. The van der Waals surface area contributed by atoms with E-state index >= 15 is 0 Å². The molecule has 2 aromatic carbocycles. The van der Waals surface area contributed by atoms with Crippen molar-refractivity contribution in [2.45, 2.75) is 6.54 Å². The third-order valence-electron chi connectivity index (χ3n) is 4.96. The highest BCUT2D eigenvalue weighted by molar-refractivity contribution is 5.64. The Hall–Kier alpha value is -2.99. The van der Waals surface area contributed by atoms with Gasteiger partial charge in [-0.3, -0.25) is 0 Å². The molecule has 0 radical (unpaired) electrons. The lowest BCUT2D eigenvalue weighted by Gasteiger charge is -2.32. The lowest BCUT2D eigenvalue weighted by molar-refractivity contribution is 0.311. The van der Waals surface area contributed by atoms with Crippen LogP contribution in [0, 0.1) is 5.82 Å². The van der Waals surface area contributed by atoms with Crippen LogP contribution < -0.4 is 10.2 Å². The largest absolute Gasteiger partial charge is 0.366 e. The average Bonchev–Trinajstić information content (AvgIpc) is 2.74. The molecule has 0 atom stereocenters. The molecule has 0 bridgehead atoms. The van der Waals surface area contributed by atoms with Crippen molar-refractivity contribution < 1.29 is 4.39 Å². The summed E-state index contributed by atoms with van der Waals surface area (Å²) in [6, 6.07) is 18.6. The Balaban J connectivity index is 1.60. The van der Waals surface area contributed by atoms with Gasteiger partial charge in [-0.25, -0.2) is 9.37 Å². The standard InChI is InChI=1S/C22H24FN5/c1-27-11-13-28(14-12-27)22-25-20(18-5-3-2-4-6-18)15-21(26-22)24-16-17-7-9-19(23)10-8-17/h2-10,15H,11-14,16H2,1H3,(H,24,25,26). The molecule has 6 heteroatoms. The number of rotatable bonds is 5. The summed E-state index contributed by atoms with van der Waals surface area (Å²) in [5, 5.41) is 3.37. The van der Waals surface area contributed by atoms with Gasteiger partial charge in [-0.05, 0) is 24.7 Å². The summed E-state index contributed by atoms with van der Waals surface area (Å²) in [5.74, 6) is 1.29. The molecule has 4 rings (SSSR count). The van der Waals surface area contributed by atoms with Crippen LogP contribution in [0.3, 0.4) is 0 Å². The summed E-state index contributed by atoms with van der Waals surface area (Å²) in [5.41, 5.74) is 2.96. The molecule has 144 valence electrons. The summed E-state index contributed by atoms with van der Waals surface area (Å²) in [7, 11) is 2.13. The third kappa shape index (κ3) is 4.46. The number of benzene rings is 2. The Bertz CT molecular complexity index is 906. The number of hydrogen-bond donors (Lipinski definition) is 1. The Labute approximate surface area is 164 Å². The maximum absolute atomic E-state index is 13.1. The zero-order valence-corrected chi connectivity index (χ0v) is 16.0. The van der Waals surface area contributed by atoms with Crippen molar-refractivity contribution in [1.29, 1.82) is 0 Å². The quantitative estimate of drug-likeness (QED) is 0.735. The maximum Gasteiger partial charge on any atom is 0.227 e. The van der Waals surface area contributed by atoms with E-state index in [4.69, 9.17) is 9.97 Å². The zero-order valence-electron chi connectivity index (χ0n) is 16.0. The van der Waals surface area contributed by atoms with E-state index in [9.17, 15) is 4.39 Å². The number of hydrogen-bond acceptors (Lipinski definition) is 5. The molecule has 3 aromatic rings. The normalized spacial score (nSPS) is 14.9. The molecule has 0 spiro atoms. The van der Waals surface area contributed by atoms with E-state index in [-0.39, 0.29) is 5.82 Å². The number of anilines is 2. The zero-order chi connectivity index (χ0) is 19.3. The molecule has 0 unspecified atom stereocenters. The first-order chi connectivity index (χ1) is 13.7. The summed E-state index contributed by atoms with van der Waals surface area (Å²) in [4.78, 5) is 14.1. The average molecular weight is 377 g/mol. The van der Waals surface area contributed by atoms with Crippen LogP contribution in [0.4, 0.5) is 16.2 Å². The topological polar surface area (TPSA) is 44.3 Å². The maximum atomic E-state index is 13.1. The molecule has 1 aliphatic heterocycles. The number of aromatic nitrogens is 2. The Morgan fingerprint density at radius 3 is 2.36 bits per heavy atom. The monoisotopic (exact) mass is 377 g/mol. The minimum absolute atomic E-state index is 0.227.